The maximum absolute atomic E-state index is 12.3. The van der Waals surface area contributed by atoms with Crippen molar-refractivity contribution in [2.45, 2.75) is 10.1 Å². The van der Waals surface area contributed by atoms with E-state index in [0.717, 1.165) is 24.5 Å². The summed E-state index contributed by atoms with van der Waals surface area (Å²) in [4.78, 5) is 15.9. The molecule has 1 aromatic heterocycles. The van der Waals surface area contributed by atoms with Gasteiger partial charge in [0, 0.05) is 35.6 Å². The number of aromatic nitrogens is 1. The largest absolute Gasteiger partial charge is 0.465 e. The molecule has 0 bridgehead atoms. The summed E-state index contributed by atoms with van der Waals surface area (Å²) < 4.78 is 6.97. The monoisotopic (exact) mass is 364 g/mol. The summed E-state index contributed by atoms with van der Waals surface area (Å²) >= 11 is 1.91. The van der Waals surface area contributed by atoms with Crippen LogP contribution < -0.4 is 4.90 Å². The van der Waals surface area contributed by atoms with Gasteiger partial charge in [0.2, 0.25) is 0 Å². The second kappa shape index (κ2) is 7.30. The highest BCUT2D eigenvalue weighted by atomic mass is 32.2. The average molecular weight is 364 g/mol. The van der Waals surface area contributed by atoms with Gasteiger partial charge in [-0.15, -0.1) is 11.8 Å². The summed E-state index contributed by atoms with van der Waals surface area (Å²) in [5.74, 6) is -0.314. The lowest BCUT2D eigenvalue weighted by atomic mass is 10.1. The molecular formula is C21H20N2O2S. The zero-order valence-electron chi connectivity index (χ0n) is 14.5. The Bertz CT molecular complexity index is 888. The van der Waals surface area contributed by atoms with E-state index in [1.165, 1.54) is 12.0 Å². The number of carbonyl (C=O) groups is 1. The number of methoxy groups -OCH3 is 1. The van der Waals surface area contributed by atoms with E-state index in [4.69, 9.17) is 4.74 Å². The molecule has 132 valence electrons. The number of hydrogen-bond donors (Lipinski definition) is 0. The van der Waals surface area contributed by atoms with Gasteiger partial charge in [-0.25, -0.2) is 4.79 Å². The first-order chi connectivity index (χ1) is 12.8. The highest BCUT2D eigenvalue weighted by molar-refractivity contribution is 8.00. The predicted molar refractivity (Wildman–Crippen MR) is 105 cm³/mol. The summed E-state index contributed by atoms with van der Waals surface area (Å²) in [5, 5.41) is 0.552. The molecule has 0 atom stereocenters. The van der Waals surface area contributed by atoms with Gasteiger partial charge in [-0.2, -0.15) is 0 Å². The Kier molecular flexibility index (Phi) is 4.71. The van der Waals surface area contributed by atoms with Crippen LogP contribution in [-0.2, 0) is 4.74 Å². The fourth-order valence-corrected chi connectivity index (χ4v) is 4.43. The van der Waals surface area contributed by atoms with E-state index < -0.39 is 0 Å². The van der Waals surface area contributed by atoms with Gasteiger partial charge in [0.05, 0.1) is 24.0 Å². The molecule has 0 saturated carbocycles. The number of anilines is 1. The third-order valence-corrected chi connectivity index (χ3v) is 5.69. The fourth-order valence-electron chi connectivity index (χ4n) is 3.22. The topological polar surface area (TPSA) is 34.5 Å². The number of para-hydroxylation sites is 1. The first-order valence-electron chi connectivity index (χ1n) is 8.57. The van der Waals surface area contributed by atoms with Crippen molar-refractivity contribution in [1.29, 1.82) is 0 Å². The van der Waals surface area contributed by atoms with Crippen LogP contribution in [-0.4, -0.2) is 36.0 Å². The van der Waals surface area contributed by atoms with Crippen molar-refractivity contribution in [2.75, 3.05) is 25.1 Å². The van der Waals surface area contributed by atoms with Gasteiger partial charge in [0.25, 0.3) is 0 Å². The Labute approximate surface area is 157 Å². The lowest BCUT2D eigenvalue weighted by molar-refractivity contribution is 0.0601. The summed E-state index contributed by atoms with van der Waals surface area (Å²) in [7, 11) is 1.42. The van der Waals surface area contributed by atoms with Crippen LogP contribution in [0.3, 0.4) is 0 Å². The molecule has 0 amide bonds. The van der Waals surface area contributed by atoms with E-state index in [1.807, 2.05) is 59.1 Å². The van der Waals surface area contributed by atoms with Crippen molar-refractivity contribution in [1.82, 2.24) is 4.57 Å². The zero-order chi connectivity index (χ0) is 17.9. The van der Waals surface area contributed by atoms with E-state index >= 15 is 0 Å². The Morgan fingerprint density at radius 3 is 2.42 bits per heavy atom. The zero-order valence-corrected chi connectivity index (χ0v) is 15.4. The van der Waals surface area contributed by atoms with Crippen LogP contribution in [0.5, 0.6) is 0 Å². The summed E-state index contributed by atoms with van der Waals surface area (Å²) in [5.41, 5.74) is 2.53. The second-order valence-electron chi connectivity index (χ2n) is 6.21. The van der Waals surface area contributed by atoms with Gasteiger partial charge in [-0.05, 0) is 36.4 Å². The van der Waals surface area contributed by atoms with Crippen LogP contribution in [0.15, 0.2) is 78.0 Å². The predicted octanol–water partition coefficient (Wildman–Crippen LogP) is 4.24. The molecule has 1 aliphatic rings. The van der Waals surface area contributed by atoms with E-state index in [2.05, 4.69) is 35.2 Å². The number of ether oxygens (including phenoxy) is 1. The van der Waals surface area contributed by atoms with Crippen molar-refractivity contribution in [3.05, 3.63) is 78.6 Å². The minimum absolute atomic E-state index is 0.314. The molecule has 2 heterocycles. The maximum Gasteiger partial charge on any atom is 0.340 e. The molecule has 5 heteroatoms. The molecule has 2 aromatic carbocycles. The third kappa shape index (κ3) is 3.22. The minimum Gasteiger partial charge on any atom is -0.465 e. The molecule has 3 aromatic rings. The first kappa shape index (κ1) is 16.8. The maximum atomic E-state index is 12.3. The van der Waals surface area contributed by atoms with Crippen molar-refractivity contribution in [3.8, 4) is 5.69 Å². The highest BCUT2D eigenvalue weighted by Crippen LogP contribution is 2.36. The summed E-state index contributed by atoms with van der Waals surface area (Å²) in [6.07, 6.45) is 3.92. The van der Waals surface area contributed by atoms with Gasteiger partial charge in [-0.1, -0.05) is 24.3 Å². The van der Waals surface area contributed by atoms with E-state index in [0.29, 0.717) is 10.8 Å². The SMILES string of the molecule is COC(=O)c1cccc(N2CC(Sc3ccccc3)C2)c1-n1cccc1. The van der Waals surface area contributed by atoms with E-state index in [9.17, 15) is 4.79 Å². The van der Waals surface area contributed by atoms with Crippen molar-refractivity contribution < 1.29 is 9.53 Å². The van der Waals surface area contributed by atoms with Crippen LogP contribution in [0, 0.1) is 0 Å². The number of esters is 1. The normalized spacial score (nSPS) is 14.1. The number of carbonyl (C=O) groups excluding carboxylic acids is 1. The van der Waals surface area contributed by atoms with E-state index in [-0.39, 0.29) is 5.97 Å². The third-order valence-electron chi connectivity index (χ3n) is 4.52. The first-order valence-corrected chi connectivity index (χ1v) is 9.45. The Hall–Kier alpha value is -2.66. The Morgan fingerprint density at radius 1 is 1.00 bits per heavy atom. The van der Waals surface area contributed by atoms with Crippen LogP contribution >= 0.6 is 11.8 Å². The van der Waals surface area contributed by atoms with Gasteiger partial charge in [-0.3, -0.25) is 0 Å². The number of hydrogen-bond acceptors (Lipinski definition) is 4. The summed E-state index contributed by atoms with van der Waals surface area (Å²) in [6, 6.07) is 20.2. The van der Waals surface area contributed by atoms with Crippen LogP contribution in [0.4, 0.5) is 5.69 Å². The van der Waals surface area contributed by atoms with Crippen LogP contribution in [0.25, 0.3) is 5.69 Å². The minimum atomic E-state index is -0.314. The van der Waals surface area contributed by atoms with Crippen LogP contribution in [0.2, 0.25) is 0 Å². The standard InChI is InChI=1S/C21H20N2O2S/c1-25-21(24)18-10-7-11-19(20(18)22-12-5-6-13-22)23-14-17(15-23)26-16-8-3-2-4-9-16/h2-13,17H,14-15H2,1H3. The average Bonchev–Trinajstić information content (AvgIpc) is 3.18. The second-order valence-corrected chi connectivity index (χ2v) is 7.59. The molecule has 4 rings (SSSR count). The molecule has 0 N–H and O–H groups in total. The van der Waals surface area contributed by atoms with Crippen molar-refractivity contribution in [3.63, 3.8) is 0 Å². The van der Waals surface area contributed by atoms with Crippen molar-refractivity contribution >= 4 is 23.4 Å². The molecule has 26 heavy (non-hydrogen) atoms. The smallest absolute Gasteiger partial charge is 0.340 e. The fraction of sp³-hybridized carbons (Fsp3) is 0.190. The van der Waals surface area contributed by atoms with Crippen molar-refractivity contribution in [2.24, 2.45) is 0 Å². The van der Waals surface area contributed by atoms with Gasteiger partial charge >= 0.3 is 5.97 Å². The molecule has 0 aliphatic carbocycles. The lowest BCUT2D eigenvalue weighted by Gasteiger charge is -2.41. The quantitative estimate of drug-likeness (QED) is 0.634. The number of benzene rings is 2. The van der Waals surface area contributed by atoms with Crippen LogP contribution in [0.1, 0.15) is 10.4 Å². The molecular weight excluding hydrogens is 344 g/mol. The van der Waals surface area contributed by atoms with Gasteiger partial charge in [0.1, 0.15) is 0 Å². The van der Waals surface area contributed by atoms with E-state index in [1.54, 1.807) is 0 Å². The van der Waals surface area contributed by atoms with Gasteiger partial charge < -0.3 is 14.2 Å². The molecule has 0 radical (unpaired) electrons. The molecule has 0 unspecified atom stereocenters. The molecule has 4 nitrogen and oxygen atoms in total. The molecule has 1 aliphatic heterocycles. The summed E-state index contributed by atoms with van der Waals surface area (Å²) in [6.45, 7) is 1.91. The number of rotatable bonds is 5. The molecule has 0 spiro atoms. The number of nitrogens with zero attached hydrogens (tertiary/aromatic N) is 2. The lowest BCUT2D eigenvalue weighted by Crippen LogP contribution is -2.49. The molecule has 1 saturated heterocycles. The number of thioether (sulfide) groups is 1. The Morgan fingerprint density at radius 2 is 1.73 bits per heavy atom. The van der Waals surface area contributed by atoms with Gasteiger partial charge in [0.15, 0.2) is 0 Å². The molecule has 1 fully saturated rings. The Balaban J connectivity index is 1.59. The highest BCUT2D eigenvalue weighted by Gasteiger charge is 2.31.